The van der Waals surface area contributed by atoms with Crippen LogP contribution in [-0.4, -0.2) is 32.0 Å². The van der Waals surface area contributed by atoms with Gasteiger partial charge < -0.3 is 10.1 Å². The van der Waals surface area contributed by atoms with Crippen LogP contribution in [0.15, 0.2) is 30.5 Å². The van der Waals surface area contributed by atoms with Crippen LogP contribution in [0.25, 0.3) is 0 Å². The Bertz CT molecular complexity index is 1010. The quantitative estimate of drug-likeness (QED) is 0.538. The molecule has 3 aromatic rings. The van der Waals surface area contributed by atoms with E-state index in [4.69, 9.17) is 27.9 Å². The lowest BCUT2D eigenvalue weighted by Gasteiger charge is -2.09. The van der Waals surface area contributed by atoms with Crippen molar-refractivity contribution in [2.75, 3.05) is 6.54 Å². The summed E-state index contributed by atoms with van der Waals surface area (Å²) in [5.41, 5.74) is 3.03. The Kier molecular flexibility index (Phi) is 6.82. The normalized spacial score (nSPS) is 10.9. The first-order valence-electron chi connectivity index (χ1n) is 9.25. The van der Waals surface area contributed by atoms with Gasteiger partial charge in [-0.2, -0.15) is 10.2 Å². The zero-order valence-corrected chi connectivity index (χ0v) is 18.1. The van der Waals surface area contributed by atoms with E-state index in [1.807, 2.05) is 37.6 Å². The number of halogens is 2. The lowest BCUT2D eigenvalue weighted by Crippen LogP contribution is -2.26. The van der Waals surface area contributed by atoms with Crippen molar-refractivity contribution in [1.29, 1.82) is 0 Å². The Hall–Kier alpha value is -2.51. The maximum atomic E-state index is 12.3. The number of ether oxygens (including phenoxy) is 1. The van der Waals surface area contributed by atoms with Crippen LogP contribution in [0.2, 0.25) is 10.0 Å². The van der Waals surface area contributed by atoms with Crippen LogP contribution in [0, 0.1) is 20.8 Å². The smallest absolute Gasteiger partial charge is 0.271 e. The van der Waals surface area contributed by atoms with Crippen LogP contribution in [0.4, 0.5) is 0 Å². The summed E-state index contributed by atoms with van der Waals surface area (Å²) in [5, 5.41) is 12.9. The number of hydrogen-bond donors (Lipinski definition) is 1. The number of aryl methyl sites for hydroxylation is 3. The predicted molar refractivity (Wildman–Crippen MR) is 113 cm³/mol. The fraction of sp³-hybridized carbons (Fsp3) is 0.350. The highest BCUT2D eigenvalue weighted by Crippen LogP contribution is 2.22. The average molecular weight is 436 g/mol. The van der Waals surface area contributed by atoms with E-state index in [1.165, 1.54) is 0 Å². The molecule has 3 rings (SSSR count). The molecule has 0 aliphatic carbocycles. The number of benzene rings is 1. The topological polar surface area (TPSA) is 74.0 Å². The molecular weight excluding hydrogens is 413 g/mol. The Labute approximate surface area is 179 Å². The number of hydrogen-bond acceptors (Lipinski definition) is 4. The second-order valence-electron chi connectivity index (χ2n) is 6.74. The molecule has 2 aromatic heterocycles. The summed E-state index contributed by atoms with van der Waals surface area (Å²) in [7, 11) is 0. The highest BCUT2D eigenvalue weighted by atomic mass is 35.5. The monoisotopic (exact) mass is 435 g/mol. The molecule has 7 nitrogen and oxygen atoms in total. The van der Waals surface area contributed by atoms with Gasteiger partial charge in [-0.05, 0) is 57.0 Å². The Morgan fingerprint density at radius 3 is 2.66 bits per heavy atom. The first-order valence-corrected chi connectivity index (χ1v) is 10.0. The van der Waals surface area contributed by atoms with Crippen molar-refractivity contribution in [3.8, 4) is 5.75 Å². The third-order valence-electron chi connectivity index (χ3n) is 4.49. The number of amides is 1. The molecule has 29 heavy (non-hydrogen) atoms. The molecule has 0 atom stereocenters. The standard InChI is InChI=1S/C20H23Cl2N5O2/c1-13-11-16(21)5-6-18(13)29-12-26-10-7-17(25-26)20(28)23-8-4-9-27-15(3)19(22)14(2)24-27/h5-7,10-11H,4,8-9,12H2,1-3H3,(H,23,28). The molecule has 0 saturated heterocycles. The highest BCUT2D eigenvalue weighted by Gasteiger charge is 2.11. The fourth-order valence-electron chi connectivity index (χ4n) is 2.88. The predicted octanol–water partition coefficient (Wildman–Crippen LogP) is 4.17. The first kappa shape index (κ1) is 21.2. The zero-order valence-electron chi connectivity index (χ0n) is 16.6. The molecule has 0 fully saturated rings. The fourth-order valence-corrected chi connectivity index (χ4v) is 3.24. The number of carbonyl (C=O) groups excluding carboxylic acids is 1. The molecule has 0 spiro atoms. The maximum Gasteiger partial charge on any atom is 0.271 e. The van der Waals surface area contributed by atoms with Crippen LogP contribution in [-0.2, 0) is 13.3 Å². The van der Waals surface area contributed by atoms with Crippen molar-refractivity contribution in [3.63, 3.8) is 0 Å². The molecule has 0 unspecified atom stereocenters. The number of aromatic nitrogens is 4. The second kappa shape index (κ2) is 9.33. The third-order valence-corrected chi connectivity index (χ3v) is 5.27. The second-order valence-corrected chi connectivity index (χ2v) is 7.56. The minimum Gasteiger partial charge on any atom is -0.471 e. The Balaban J connectivity index is 1.45. The maximum absolute atomic E-state index is 12.3. The third kappa shape index (κ3) is 5.31. The molecule has 9 heteroatoms. The highest BCUT2D eigenvalue weighted by molar-refractivity contribution is 6.31. The molecule has 1 N–H and O–H groups in total. The van der Waals surface area contributed by atoms with Crippen molar-refractivity contribution >= 4 is 29.1 Å². The molecule has 1 aromatic carbocycles. The molecule has 1 amide bonds. The van der Waals surface area contributed by atoms with Gasteiger partial charge in [-0.15, -0.1) is 0 Å². The van der Waals surface area contributed by atoms with E-state index in [-0.39, 0.29) is 12.6 Å². The van der Waals surface area contributed by atoms with E-state index >= 15 is 0 Å². The Morgan fingerprint density at radius 2 is 1.97 bits per heavy atom. The number of nitrogens with one attached hydrogen (secondary N) is 1. The number of rotatable bonds is 8. The summed E-state index contributed by atoms with van der Waals surface area (Å²) in [6.45, 7) is 7.13. The minimum absolute atomic E-state index is 0.203. The first-order chi connectivity index (χ1) is 13.8. The van der Waals surface area contributed by atoms with Gasteiger partial charge >= 0.3 is 0 Å². The van der Waals surface area contributed by atoms with Crippen LogP contribution in [0.5, 0.6) is 5.75 Å². The lowest BCUT2D eigenvalue weighted by atomic mass is 10.2. The molecule has 2 heterocycles. The molecule has 0 bridgehead atoms. The van der Waals surface area contributed by atoms with Gasteiger partial charge in [0.1, 0.15) is 11.4 Å². The summed E-state index contributed by atoms with van der Waals surface area (Å²) >= 11 is 12.1. The number of carbonyl (C=O) groups is 1. The van der Waals surface area contributed by atoms with Crippen LogP contribution in [0.3, 0.4) is 0 Å². The molecule has 0 radical (unpaired) electrons. The van der Waals surface area contributed by atoms with Gasteiger partial charge in [0.05, 0.1) is 16.4 Å². The van der Waals surface area contributed by atoms with Gasteiger partial charge in [0.2, 0.25) is 0 Å². The van der Waals surface area contributed by atoms with Crippen LogP contribution in [0.1, 0.15) is 33.9 Å². The van der Waals surface area contributed by atoms with E-state index in [9.17, 15) is 4.79 Å². The van der Waals surface area contributed by atoms with Crippen LogP contribution >= 0.6 is 23.2 Å². The summed E-state index contributed by atoms with van der Waals surface area (Å²) in [6.07, 6.45) is 2.45. The van der Waals surface area contributed by atoms with E-state index < -0.39 is 0 Å². The van der Waals surface area contributed by atoms with E-state index in [2.05, 4.69) is 15.5 Å². The van der Waals surface area contributed by atoms with Gasteiger partial charge in [-0.1, -0.05) is 23.2 Å². The summed E-state index contributed by atoms with van der Waals surface area (Å²) in [5.74, 6) is 0.498. The molecule has 0 saturated carbocycles. The largest absolute Gasteiger partial charge is 0.471 e. The van der Waals surface area contributed by atoms with Gasteiger partial charge in [0.25, 0.3) is 5.91 Å². The molecule has 154 valence electrons. The van der Waals surface area contributed by atoms with E-state index in [0.29, 0.717) is 28.8 Å². The number of nitrogens with zero attached hydrogens (tertiary/aromatic N) is 4. The van der Waals surface area contributed by atoms with Crippen LogP contribution < -0.4 is 10.1 Å². The van der Waals surface area contributed by atoms with Crippen molar-refractivity contribution < 1.29 is 9.53 Å². The zero-order chi connectivity index (χ0) is 21.0. The van der Waals surface area contributed by atoms with Crippen molar-refractivity contribution in [3.05, 3.63) is 63.2 Å². The molecular formula is C20H23Cl2N5O2. The molecule has 0 aliphatic rings. The average Bonchev–Trinajstić information content (AvgIpc) is 3.25. The Morgan fingerprint density at radius 1 is 1.17 bits per heavy atom. The molecule has 0 aliphatic heterocycles. The summed E-state index contributed by atoms with van der Waals surface area (Å²) in [6, 6.07) is 7.07. The van der Waals surface area contributed by atoms with Gasteiger partial charge in [-0.25, -0.2) is 4.68 Å². The van der Waals surface area contributed by atoms with Crippen molar-refractivity contribution in [2.24, 2.45) is 0 Å². The summed E-state index contributed by atoms with van der Waals surface area (Å²) < 4.78 is 9.16. The SMILES string of the molecule is Cc1cc(Cl)ccc1OCn1ccc(C(=O)NCCCn2nc(C)c(Cl)c2C)n1. The van der Waals surface area contributed by atoms with E-state index in [1.54, 1.807) is 23.0 Å². The van der Waals surface area contributed by atoms with Crippen molar-refractivity contribution in [1.82, 2.24) is 24.9 Å². The minimum atomic E-state index is -0.224. The lowest BCUT2D eigenvalue weighted by molar-refractivity contribution is 0.0945. The van der Waals surface area contributed by atoms with Gasteiger partial charge in [-0.3, -0.25) is 9.48 Å². The van der Waals surface area contributed by atoms with Crippen molar-refractivity contribution in [2.45, 2.75) is 40.5 Å². The van der Waals surface area contributed by atoms with E-state index in [0.717, 1.165) is 29.1 Å². The summed E-state index contributed by atoms with van der Waals surface area (Å²) in [4.78, 5) is 12.3. The van der Waals surface area contributed by atoms with Gasteiger partial charge in [0.15, 0.2) is 6.73 Å². The van der Waals surface area contributed by atoms with Gasteiger partial charge in [0, 0.05) is 24.3 Å².